The molecule has 28 heavy (non-hydrogen) atoms. The van der Waals surface area contributed by atoms with Crippen molar-refractivity contribution in [2.24, 2.45) is 0 Å². The minimum atomic E-state index is 0.324. The minimum absolute atomic E-state index is 0.324. The molecule has 0 saturated carbocycles. The fraction of sp³-hybridized carbons (Fsp3) is 0.458. The smallest absolute Gasteiger partial charge is 0.222 e. The van der Waals surface area contributed by atoms with E-state index in [-0.39, 0.29) is 0 Å². The van der Waals surface area contributed by atoms with Crippen molar-refractivity contribution in [1.82, 2.24) is 15.1 Å². The zero-order valence-electron chi connectivity index (χ0n) is 16.6. The number of carbonyl (C=O) groups excluding carboxylic acids is 1. The zero-order chi connectivity index (χ0) is 19.2. The highest BCUT2D eigenvalue weighted by atomic mass is 16.2. The summed E-state index contributed by atoms with van der Waals surface area (Å²) >= 11 is 0. The first-order valence-electron chi connectivity index (χ1n) is 10.7. The lowest BCUT2D eigenvalue weighted by atomic mass is 9.90. The summed E-state index contributed by atoms with van der Waals surface area (Å²) in [6, 6.07) is 22.6. The summed E-state index contributed by atoms with van der Waals surface area (Å²) in [6.07, 6.45) is 4.06. The maximum Gasteiger partial charge on any atom is 0.222 e. The van der Waals surface area contributed by atoms with Crippen LogP contribution in [0.4, 0.5) is 0 Å². The Bertz CT molecular complexity index is 709. The molecule has 0 spiro atoms. The van der Waals surface area contributed by atoms with Gasteiger partial charge in [-0.15, -0.1) is 0 Å². The molecule has 0 bridgehead atoms. The highest BCUT2D eigenvalue weighted by molar-refractivity contribution is 5.77. The van der Waals surface area contributed by atoms with Crippen LogP contribution in [-0.4, -0.2) is 54.5 Å². The van der Waals surface area contributed by atoms with Crippen LogP contribution in [0.1, 0.15) is 42.9 Å². The van der Waals surface area contributed by atoms with Crippen molar-refractivity contribution in [1.29, 1.82) is 0 Å². The highest BCUT2D eigenvalue weighted by Crippen LogP contribution is 2.35. The van der Waals surface area contributed by atoms with E-state index in [4.69, 9.17) is 0 Å². The van der Waals surface area contributed by atoms with E-state index in [0.717, 1.165) is 52.0 Å². The molecule has 0 radical (unpaired) electrons. The molecule has 2 fully saturated rings. The summed E-state index contributed by atoms with van der Waals surface area (Å²) in [5.74, 6) is 0.332. The van der Waals surface area contributed by atoms with Crippen LogP contribution in [0.3, 0.4) is 0 Å². The fourth-order valence-corrected chi connectivity index (χ4v) is 4.47. The summed E-state index contributed by atoms with van der Waals surface area (Å²) in [6.45, 7) is 4.99. The van der Waals surface area contributed by atoms with Gasteiger partial charge in [0.1, 0.15) is 0 Å². The van der Waals surface area contributed by atoms with Crippen LogP contribution in [0.15, 0.2) is 60.7 Å². The van der Waals surface area contributed by atoms with Crippen molar-refractivity contribution in [2.45, 2.75) is 37.8 Å². The molecule has 4 heteroatoms. The number of nitrogens with zero attached hydrogens (tertiary/aromatic N) is 2. The van der Waals surface area contributed by atoms with Crippen molar-refractivity contribution >= 4 is 5.91 Å². The molecule has 2 aliphatic heterocycles. The average Bonchev–Trinajstić information content (AvgIpc) is 3.13. The SMILES string of the molecule is O=C1CCCN1CCCNCC1CCN1C(c1ccccc1)c1ccccc1. The van der Waals surface area contributed by atoms with Crippen LogP contribution in [0.5, 0.6) is 0 Å². The second-order valence-electron chi connectivity index (χ2n) is 7.95. The van der Waals surface area contributed by atoms with E-state index >= 15 is 0 Å². The van der Waals surface area contributed by atoms with E-state index in [2.05, 4.69) is 70.9 Å². The first-order valence-corrected chi connectivity index (χ1v) is 10.7. The third kappa shape index (κ3) is 4.45. The van der Waals surface area contributed by atoms with E-state index < -0.39 is 0 Å². The largest absolute Gasteiger partial charge is 0.343 e. The third-order valence-corrected chi connectivity index (χ3v) is 6.08. The molecule has 2 heterocycles. The number of amides is 1. The summed E-state index contributed by atoms with van der Waals surface area (Å²) in [4.78, 5) is 16.3. The van der Waals surface area contributed by atoms with E-state index in [9.17, 15) is 4.79 Å². The van der Waals surface area contributed by atoms with E-state index in [1.54, 1.807) is 0 Å². The van der Waals surface area contributed by atoms with Crippen LogP contribution in [0, 0.1) is 0 Å². The Hall–Kier alpha value is -2.17. The van der Waals surface area contributed by atoms with Gasteiger partial charge in [0, 0.05) is 38.6 Å². The van der Waals surface area contributed by atoms with Gasteiger partial charge < -0.3 is 10.2 Å². The van der Waals surface area contributed by atoms with Gasteiger partial charge in [0.2, 0.25) is 5.91 Å². The maximum atomic E-state index is 11.7. The van der Waals surface area contributed by atoms with Gasteiger partial charge in [0.05, 0.1) is 6.04 Å². The molecule has 0 aromatic heterocycles. The first kappa shape index (κ1) is 19.2. The molecule has 148 valence electrons. The molecular formula is C24H31N3O. The molecule has 1 N–H and O–H groups in total. The summed E-state index contributed by atoms with van der Waals surface area (Å²) in [5.41, 5.74) is 2.73. The molecule has 0 aliphatic carbocycles. The fourth-order valence-electron chi connectivity index (χ4n) is 4.47. The highest BCUT2D eigenvalue weighted by Gasteiger charge is 2.35. The molecule has 2 aromatic carbocycles. The van der Waals surface area contributed by atoms with Crippen LogP contribution >= 0.6 is 0 Å². The molecule has 1 atom stereocenters. The lowest BCUT2D eigenvalue weighted by Crippen LogP contribution is -2.54. The minimum Gasteiger partial charge on any atom is -0.343 e. The van der Waals surface area contributed by atoms with Gasteiger partial charge >= 0.3 is 0 Å². The Morgan fingerprint density at radius 3 is 2.18 bits per heavy atom. The third-order valence-electron chi connectivity index (χ3n) is 6.08. The predicted octanol–water partition coefficient (Wildman–Crippen LogP) is 3.45. The Labute approximate surface area is 168 Å². The Kier molecular flexibility index (Phi) is 6.40. The van der Waals surface area contributed by atoms with Crippen LogP contribution in [0.2, 0.25) is 0 Å². The molecular weight excluding hydrogens is 346 g/mol. The summed E-state index contributed by atoms with van der Waals surface area (Å²) < 4.78 is 0. The van der Waals surface area contributed by atoms with Crippen molar-refractivity contribution in [3.63, 3.8) is 0 Å². The van der Waals surface area contributed by atoms with Crippen molar-refractivity contribution in [2.75, 3.05) is 32.7 Å². The maximum absolute atomic E-state index is 11.7. The first-order chi connectivity index (χ1) is 13.8. The number of likely N-dealkylation sites (tertiary alicyclic amines) is 2. The Morgan fingerprint density at radius 1 is 0.964 bits per heavy atom. The van der Waals surface area contributed by atoms with Gasteiger partial charge in [-0.25, -0.2) is 0 Å². The van der Waals surface area contributed by atoms with Gasteiger partial charge in [0.25, 0.3) is 0 Å². The molecule has 2 aliphatic rings. The average molecular weight is 378 g/mol. The molecule has 1 amide bonds. The second kappa shape index (κ2) is 9.35. The number of benzene rings is 2. The summed E-state index contributed by atoms with van der Waals surface area (Å²) in [7, 11) is 0. The molecule has 2 aromatic rings. The normalized spacial score (nSPS) is 20.0. The number of nitrogens with one attached hydrogen (secondary N) is 1. The quantitative estimate of drug-likeness (QED) is 0.680. The Morgan fingerprint density at radius 2 is 1.64 bits per heavy atom. The zero-order valence-corrected chi connectivity index (χ0v) is 16.6. The van der Waals surface area contributed by atoms with Gasteiger partial charge in [-0.3, -0.25) is 9.69 Å². The number of rotatable bonds is 9. The van der Waals surface area contributed by atoms with Gasteiger partial charge in [-0.05, 0) is 36.9 Å². The molecule has 4 rings (SSSR count). The molecule has 1 unspecified atom stereocenters. The molecule has 4 nitrogen and oxygen atoms in total. The van der Waals surface area contributed by atoms with Crippen LogP contribution in [-0.2, 0) is 4.79 Å². The van der Waals surface area contributed by atoms with Gasteiger partial charge in [0.15, 0.2) is 0 Å². The van der Waals surface area contributed by atoms with Crippen LogP contribution in [0.25, 0.3) is 0 Å². The van der Waals surface area contributed by atoms with Gasteiger partial charge in [-0.1, -0.05) is 60.7 Å². The lowest BCUT2D eigenvalue weighted by molar-refractivity contribution is -0.127. The van der Waals surface area contributed by atoms with E-state index in [1.165, 1.54) is 17.5 Å². The molecule has 2 saturated heterocycles. The summed E-state index contributed by atoms with van der Waals surface area (Å²) in [5, 5.41) is 3.63. The lowest BCUT2D eigenvalue weighted by Gasteiger charge is -2.46. The van der Waals surface area contributed by atoms with E-state index in [1.807, 2.05) is 4.90 Å². The number of carbonyl (C=O) groups is 1. The van der Waals surface area contributed by atoms with E-state index in [0.29, 0.717) is 18.0 Å². The topological polar surface area (TPSA) is 35.6 Å². The van der Waals surface area contributed by atoms with Gasteiger partial charge in [-0.2, -0.15) is 0 Å². The predicted molar refractivity (Wildman–Crippen MR) is 113 cm³/mol. The second-order valence-corrected chi connectivity index (χ2v) is 7.95. The number of hydrogen-bond donors (Lipinski definition) is 1. The standard InChI is InChI=1S/C24H31N3O/c28-23-13-7-16-26(23)17-8-15-25-19-22-14-18-27(22)24(20-9-3-1-4-10-20)21-11-5-2-6-12-21/h1-6,9-12,22,24-25H,7-8,13-19H2. The number of hydrogen-bond acceptors (Lipinski definition) is 3. The van der Waals surface area contributed by atoms with Crippen molar-refractivity contribution in [3.8, 4) is 0 Å². The van der Waals surface area contributed by atoms with Crippen LogP contribution < -0.4 is 5.32 Å². The van der Waals surface area contributed by atoms with Crippen molar-refractivity contribution in [3.05, 3.63) is 71.8 Å². The monoisotopic (exact) mass is 377 g/mol. The van der Waals surface area contributed by atoms with Crippen molar-refractivity contribution < 1.29 is 4.79 Å². The Balaban J connectivity index is 1.31.